The molecule has 0 amide bonds. The van der Waals surface area contributed by atoms with E-state index in [0.717, 1.165) is 48.3 Å². The number of aromatic nitrogens is 1. The van der Waals surface area contributed by atoms with Crippen LogP contribution in [0, 0.1) is 0 Å². The molecule has 0 spiro atoms. The van der Waals surface area contributed by atoms with E-state index in [9.17, 15) is 5.21 Å². The average molecular weight is 336 g/mol. The van der Waals surface area contributed by atoms with Gasteiger partial charge in [0.15, 0.2) is 5.76 Å². The van der Waals surface area contributed by atoms with Crippen molar-refractivity contribution >= 4 is 0 Å². The molecule has 1 heterocycles. The van der Waals surface area contributed by atoms with Crippen LogP contribution in [0.3, 0.4) is 0 Å². The molecule has 0 fully saturated rings. The van der Waals surface area contributed by atoms with Gasteiger partial charge in [0.05, 0.1) is 0 Å². The van der Waals surface area contributed by atoms with E-state index in [1.165, 1.54) is 0 Å². The second kappa shape index (κ2) is 8.60. The van der Waals surface area contributed by atoms with E-state index in [1.54, 1.807) is 0 Å². The van der Waals surface area contributed by atoms with Crippen LogP contribution in [0.4, 0.5) is 0 Å². The summed E-state index contributed by atoms with van der Waals surface area (Å²) in [6, 6.07) is 19.7. The highest BCUT2D eigenvalue weighted by Crippen LogP contribution is 2.35. The van der Waals surface area contributed by atoms with Crippen LogP contribution < -0.4 is 5.48 Å². The fourth-order valence-corrected chi connectivity index (χ4v) is 2.90. The van der Waals surface area contributed by atoms with Gasteiger partial charge in [0, 0.05) is 11.1 Å². The van der Waals surface area contributed by atoms with Crippen molar-refractivity contribution in [3.8, 4) is 22.6 Å². The van der Waals surface area contributed by atoms with Gasteiger partial charge < -0.3 is 9.62 Å². The lowest BCUT2D eigenvalue weighted by Gasteiger charge is -2.10. The van der Waals surface area contributed by atoms with Crippen molar-refractivity contribution < 1.29 is 9.62 Å². The molecule has 0 aliphatic carbocycles. The van der Waals surface area contributed by atoms with Crippen molar-refractivity contribution in [3.63, 3.8) is 0 Å². The quantitative estimate of drug-likeness (QED) is 0.415. The fourth-order valence-electron chi connectivity index (χ4n) is 2.90. The minimum Gasteiger partial charge on any atom is -0.438 e. The zero-order valence-electron chi connectivity index (χ0n) is 14.5. The summed E-state index contributed by atoms with van der Waals surface area (Å²) in [6.07, 6.45) is 4.05. The van der Waals surface area contributed by atoms with Gasteiger partial charge in [-0.05, 0) is 6.42 Å². The summed E-state index contributed by atoms with van der Waals surface area (Å²) in [6.45, 7) is 2.16. The first-order valence-corrected chi connectivity index (χ1v) is 8.84. The third-order valence-electron chi connectivity index (χ3n) is 4.28. The minimum atomic E-state index is -0.300. The molecule has 0 saturated carbocycles. The first-order valence-electron chi connectivity index (χ1n) is 8.84. The Morgan fingerprint density at radius 3 is 2.20 bits per heavy atom. The second-order valence-corrected chi connectivity index (χ2v) is 6.14. The lowest BCUT2D eigenvalue weighted by atomic mass is 10.1. The molecule has 1 atom stereocenters. The SMILES string of the molecule is CCCCCC(NO)c1nc(-c2ccccc2)c(-c2ccccc2)o1. The van der Waals surface area contributed by atoms with E-state index in [-0.39, 0.29) is 6.04 Å². The van der Waals surface area contributed by atoms with E-state index >= 15 is 0 Å². The normalized spacial score (nSPS) is 12.2. The molecule has 1 aromatic heterocycles. The van der Waals surface area contributed by atoms with Crippen LogP contribution in [0.25, 0.3) is 22.6 Å². The number of rotatable bonds is 8. The Hall–Kier alpha value is -2.43. The Labute approximate surface area is 148 Å². The van der Waals surface area contributed by atoms with Gasteiger partial charge in [0.2, 0.25) is 5.89 Å². The maximum absolute atomic E-state index is 9.57. The number of benzene rings is 2. The first kappa shape index (κ1) is 17.4. The Morgan fingerprint density at radius 2 is 1.60 bits per heavy atom. The number of nitrogens with zero attached hydrogens (tertiary/aromatic N) is 1. The molecule has 1 unspecified atom stereocenters. The van der Waals surface area contributed by atoms with Crippen molar-refractivity contribution in [2.24, 2.45) is 0 Å². The van der Waals surface area contributed by atoms with Crippen LogP contribution in [0.2, 0.25) is 0 Å². The summed E-state index contributed by atoms with van der Waals surface area (Å²) in [5.41, 5.74) is 5.15. The van der Waals surface area contributed by atoms with Crippen LogP contribution in [-0.4, -0.2) is 10.2 Å². The number of oxazole rings is 1. The topological polar surface area (TPSA) is 58.3 Å². The number of hydrogen-bond donors (Lipinski definition) is 2. The molecule has 4 nitrogen and oxygen atoms in total. The Morgan fingerprint density at radius 1 is 0.960 bits per heavy atom. The summed E-state index contributed by atoms with van der Waals surface area (Å²) in [5, 5.41) is 9.57. The Bertz CT molecular complexity index is 712. The maximum Gasteiger partial charge on any atom is 0.215 e. The second-order valence-electron chi connectivity index (χ2n) is 6.14. The monoisotopic (exact) mass is 336 g/mol. The van der Waals surface area contributed by atoms with Gasteiger partial charge in [0.25, 0.3) is 0 Å². The number of unbranched alkanes of at least 4 members (excludes halogenated alkanes) is 2. The van der Waals surface area contributed by atoms with E-state index in [2.05, 4.69) is 12.4 Å². The molecule has 2 aromatic carbocycles. The third kappa shape index (κ3) is 4.16. The van der Waals surface area contributed by atoms with Crippen molar-refractivity contribution in [1.82, 2.24) is 10.5 Å². The Kier molecular flexibility index (Phi) is 5.99. The molecule has 3 rings (SSSR count). The molecule has 3 aromatic rings. The Balaban J connectivity index is 2.00. The van der Waals surface area contributed by atoms with Gasteiger partial charge in [-0.1, -0.05) is 86.8 Å². The van der Waals surface area contributed by atoms with Gasteiger partial charge >= 0.3 is 0 Å². The lowest BCUT2D eigenvalue weighted by Crippen LogP contribution is -2.17. The summed E-state index contributed by atoms with van der Waals surface area (Å²) >= 11 is 0. The summed E-state index contributed by atoms with van der Waals surface area (Å²) in [4.78, 5) is 4.72. The molecule has 0 saturated heterocycles. The maximum atomic E-state index is 9.57. The van der Waals surface area contributed by atoms with Crippen molar-refractivity contribution in [1.29, 1.82) is 0 Å². The fraction of sp³-hybridized carbons (Fsp3) is 0.286. The van der Waals surface area contributed by atoms with Crippen LogP contribution in [0.1, 0.15) is 44.5 Å². The van der Waals surface area contributed by atoms with Crippen LogP contribution in [0.15, 0.2) is 65.1 Å². The van der Waals surface area contributed by atoms with Crippen molar-refractivity contribution in [2.75, 3.05) is 0 Å². The van der Waals surface area contributed by atoms with E-state index < -0.39 is 0 Å². The van der Waals surface area contributed by atoms with Crippen LogP contribution in [-0.2, 0) is 0 Å². The predicted octanol–water partition coefficient (Wildman–Crippen LogP) is 5.61. The highest BCUT2D eigenvalue weighted by molar-refractivity contribution is 5.76. The van der Waals surface area contributed by atoms with E-state index in [4.69, 9.17) is 9.40 Å². The third-order valence-corrected chi connectivity index (χ3v) is 4.28. The lowest BCUT2D eigenvalue weighted by molar-refractivity contribution is 0.107. The van der Waals surface area contributed by atoms with Crippen LogP contribution in [0.5, 0.6) is 0 Å². The highest BCUT2D eigenvalue weighted by atomic mass is 16.5. The zero-order chi connectivity index (χ0) is 17.5. The smallest absolute Gasteiger partial charge is 0.215 e. The molecule has 25 heavy (non-hydrogen) atoms. The standard InChI is InChI=1S/C21H24N2O2/c1-2-3-6-15-18(23-24)21-22-19(16-11-7-4-8-12-16)20(25-21)17-13-9-5-10-14-17/h4-5,7-14,18,23-24H,2-3,6,15H2,1H3. The largest absolute Gasteiger partial charge is 0.438 e. The van der Waals surface area contributed by atoms with Crippen molar-refractivity contribution in [2.45, 2.75) is 38.6 Å². The highest BCUT2D eigenvalue weighted by Gasteiger charge is 2.22. The van der Waals surface area contributed by atoms with Gasteiger partial charge in [0.1, 0.15) is 11.7 Å². The van der Waals surface area contributed by atoms with E-state index in [1.807, 2.05) is 60.7 Å². The van der Waals surface area contributed by atoms with Gasteiger partial charge in [-0.2, -0.15) is 5.48 Å². The average Bonchev–Trinajstić information content (AvgIpc) is 3.12. The van der Waals surface area contributed by atoms with Gasteiger partial charge in [-0.25, -0.2) is 4.98 Å². The predicted molar refractivity (Wildman–Crippen MR) is 99.2 cm³/mol. The molecule has 0 aliphatic rings. The van der Waals surface area contributed by atoms with E-state index in [0.29, 0.717) is 5.89 Å². The molecular weight excluding hydrogens is 312 g/mol. The molecule has 0 aliphatic heterocycles. The molecule has 0 bridgehead atoms. The number of nitrogens with one attached hydrogen (secondary N) is 1. The van der Waals surface area contributed by atoms with Crippen LogP contribution >= 0.6 is 0 Å². The van der Waals surface area contributed by atoms with Gasteiger partial charge in [-0.3, -0.25) is 0 Å². The summed E-state index contributed by atoms with van der Waals surface area (Å²) in [7, 11) is 0. The van der Waals surface area contributed by atoms with Crippen molar-refractivity contribution in [3.05, 3.63) is 66.6 Å². The zero-order valence-corrected chi connectivity index (χ0v) is 14.5. The molecule has 4 heteroatoms. The summed E-state index contributed by atoms with van der Waals surface area (Å²) in [5.74, 6) is 1.26. The molecule has 0 radical (unpaired) electrons. The first-order chi connectivity index (χ1) is 12.3. The number of hydrogen-bond acceptors (Lipinski definition) is 4. The molecule has 130 valence electrons. The minimum absolute atomic E-state index is 0.300. The molecular formula is C21H24N2O2. The van der Waals surface area contributed by atoms with Gasteiger partial charge in [-0.15, -0.1) is 0 Å². The molecule has 2 N–H and O–H groups in total. The summed E-state index contributed by atoms with van der Waals surface area (Å²) < 4.78 is 6.11. The number of hydroxylamine groups is 1.